The van der Waals surface area contributed by atoms with Crippen molar-refractivity contribution in [2.24, 2.45) is 0 Å². The Labute approximate surface area is 156 Å². The molecule has 1 fully saturated rings. The number of aromatic amines is 1. The maximum Gasteiger partial charge on any atom is 0.231 e. The van der Waals surface area contributed by atoms with Gasteiger partial charge in [0.15, 0.2) is 5.82 Å². The normalized spacial score (nSPS) is 17.1. The van der Waals surface area contributed by atoms with Gasteiger partial charge in [-0.2, -0.15) is 15.1 Å². The molecule has 4 heterocycles. The average Bonchev–Trinajstić information content (AvgIpc) is 3.23. The van der Waals surface area contributed by atoms with Gasteiger partial charge in [-0.1, -0.05) is 0 Å². The fourth-order valence-corrected chi connectivity index (χ4v) is 3.05. The van der Waals surface area contributed by atoms with E-state index in [-0.39, 0.29) is 24.3 Å². The van der Waals surface area contributed by atoms with Crippen LogP contribution < -0.4 is 16.0 Å². The lowest BCUT2D eigenvalue weighted by molar-refractivity contribution is 0.479. The molecule has 3 aromatic heterocycles. The Hall–Kier alpha value is -2.39. The number of fused-ring (bicyclic) bond motifs is 1. The van der Waals surface area contributed by atoms with Crippen molar-refractivity contribution < 1.29 is 4.39 Å². The van der Waals surface area contributed by atoms with Crippen molar-refractivity contribution in [2.75, 3.05) is 23.7 Å². The zero-order chi connectivity index (χ0) is 17.2. The van der Waals surface area contributed by atoms with E-state index in [0.29, 0.717) is 22.8 Å². The number of hydrogen-bond acceptors (Lipinski definition) is 6. The lowest BCUT2D eigenvalue weighted by atomic mass is 10.1. The summed E-state index contributed by atoms with van der Waals surface area (Å²) in [6.07, 6.45) is 7.01. The van der Waals surface area contributed by atoms with Crippen LogP contribution in [0.4, 0.5) is 21.8 Å². The van der Waals surface area contributed by atoms with Crippen molar-refractivity contribution in [3.05, 3.63) is 24.4 Å². The molecule has 1 saturated heterocycles. The molecule has 10 heteroatoms. The molecule has 26 heavy (non-hydrogen) atoms. The highest BCUT2D eigenvalue weighted by atomic mass is 35.5. The molecule has 4 rings (SSSR count). The Morgan fingerprint density at radius 3 is 3.00 bits per heavy atom. The lowest BCUT2D eigenvalue weighted by Gasteiger charge is -2.24. The van der Waals surface area contributed by atoms with Crippen molar-refractivity contribution in [3.8, 4) is 0 Å². The van der Waals surface area contributed by atoms with Crippen molar-refractivity contribution >= 4 is 40.9 Å². The van der Waals surface area contributed by atoms with E-state index in [2.05, 4.69) is 36.0 Å². The molecule has 1 atom stereocenters. The van der Waals surface area contributed by atoms with Gasteiger partial charge in [0.2, 0.25) is 5.95 Å². The van der Waals surface area contributed by atoms with Gasteiger partial charge in [-0.15, -0.1) is 12.4 Å². The number of anilines is 3. The predicted molar refractivity (Wildman–Crippen MR) is 102 cm³/mol. The van der Waals surface area contributed by atoms with Crippen molar-refractivity contribution in [1.29, 1.82) is 0 Å². The zero-order valence-electron chi connectivity index (χ0n) is 14.4. The number of nitrogens with one attached hydrogen (secondary N) is 4. The largest absolute Gasteiger partial charge is 0.365 e. The highest BCUT2D eigenvalue weighted by molar-refractivity contribution is 5.89. The second-order valence-electron chi connectivity index (χ2n) is 6.15. The molecule has 8 nitrogen and oxygen atoms in total. The number of piperidine rings is 1. The molecule has 3 aromatic rings. The molecule has 0 aliphatic carbocycles. The number of nitrogens with zero attached hydrogens (tertiary/aromatic N) is 4. The fourth-order valence-electron chi connectivity index (χ4n) is 3.05. The Kier molecular flexibility index (Phi) is 5.58. The van der Waals surface area contributed by atoms with Crippen molar-refractivity contribution in [2.45, 2.75) is 32.4 Å². The van der Waals surface area contributed by atoms with Crippen molar-refractivity contribution in [3.63, 3.8) is 0 Å². The maximum atomic E-state index is 14.2. The van der Waals surface area contributed by atoms with Crippen LogP contribution in [0.5, 0.6) is 0 Å². The van der Waals surface area contributed by atoms with Gasteiger partial charge in [-0.05, 0) is 26.3 Å². The molecule has 0 radical (unpaired) electrons. The Balaban J connectivity index is 0.00000196. The van der Waals surface area contributed by atoms with Gasteiger partial charge in [0.1, 0.15) is 11.5 Å². The molecule has 0 amide bonds. The van der Waals surface area contributed by atoms with E-state index < -0.39 is 0 Å². The van der Waals surface area contributed by atoms with Gasteiger partial charge in [0, 0.05) is 31.5 Å². The van der Waals surface area contributed by atoms with Gasteiger partial charge in [-0.3, -0.25) is 4.68 Å². The summed E-state index contributed by atoms with van der Waals surface area (Å²) in [6.45, 7) is 4.65. The topological polar surface area (TPSA) is 95.5 Å². The summed E-state index contributed by atoms with van der Waals surface area (Å²) in [7, 11) is 0. The smallest absolute Gasteiger partial charge is 0.231 e. The number of aromatic nitrogens is 5. The zero-order valence-corrected chi connectivity index (χ0v) is 15.2. The summed E-state index contributed by atoms with van der Waals surface area (Å²) in [5.74, 6) is 0.547. The SMILES string of the molecule is CCn1cc(Nc2nc(NC3CCCNC3)c3c(F)c[nH]c3n2)cn1.Cl. The van der Waals surface area contributed by atoms with E-state index in [0.717, 1.165) is 38.2 Å². The molecule has 140 valence electrons. The molecule has 1 aliphatic rings. The van der Waals surface area contributed by atoms with Crippen LogP contribution in [0.15, 0.2) is 18.6 Å². The van der Waals surface area contributed by atoms with Crippen LogP contribution in [0, 0.1) is 5.82 Å². The monoisotopic (exact) mass is 380 g/mol. The van der Waals surface area contributed by atoms with Crippen LogP contribution in [0.1, 0.15) is 19.8 Å². The first-order valence-electron chi connectivity index (χ1n) is 8.54. The van der Waals surface area contributed by atoms with Crippen molar-refractivity contribution in [1.82, 2.24) is 30.0 Å². The van der Waals surface area contributed by atoms with Crippen LogP contribution >= 0.6 is 12.4 Å². The molecule has 1 aliphatic heterocycles. The number of rotatable bonds is 5. The Morgan fingerprint density at radius 2 is 2.27 bits per heavy atom. The predicted octanol–water partition coefficient (Wildman–Crippen LogP) is 2.64. The number of hydrogen-bond donors (Lipinski definition) is 4. The molecule has 0 spiro atoms. The third-order valence-electron chi connectivity index (χ3n) is 4.33. The second-order valence-corrected chi connectivity index (χ2v) is 6.15. The van der Waals surface area contributed by atoms with Gasteiger partial charge in [-0.25, -0.2) is 4.39 Å². The fraction of sp³-hybridized carbons (Fsp3) is 0.438. The number of aryl methyl sites for hydroxylation is 1. The van der Waals surface area contributed by atoms with E-state index in [1.165, 1.54) is 6.20 Å². The van der Waals surface area contributed by atoms with Crippen LogP contribution in [0.2, 0.25) is 0 Å². The number of halogens is 2. The summed E-state index contributed by atoms with van der Waals surface area (Å²) in [6, 6.07) is 0.219. The molecule has 4 N–H and O–H groups in total. The minimum atomic E-state index is -0.355. The van der Waals surface area contributed by atoms with Crippen LogP contribution in [-0.2, 0) is 6.54 Å². The third kappa shape index (κ3) is 3.73. The minimum Gasteiger partial charge on any atom is -0.365 e. The highest BCUT2D eigenvalue weighted by Crippen LogP contribution is 2.26. The van der Waals surface area contributed by atoms with E-state index in [4.69, 9.17) is 0 Å². The van der Waals surface area contributed by atoms with Crippen LogP contribution in [-0.4, -0.2) is 43.9 Å². The second kappa shape index (κ2) is 7.88. The molecule has 0 aromatic carbocycles. The molecule has 1 unspecified atom stereocenters. The van der Waals surface area contributed by atoms with Gasteiger partial charge >= 0.3 is 0 Å². The van der Waals surface area contributed by atoms with Crippen LogP contribution in [0.3, 0.4) is 0 Å². The molecule has 0 bridgehead atoms. The first-order chi connectivity index (χ1) is 12.2. The quantitative estimate of drug-likeness (QED) is 0.543. The van der Waals surface area contributed by atoms with Gasteiger partial charge < -0.3 is 20.9 Å². The number of H-pyrrole nitrogens is 1. The van der Waals surface area contributed by atoms with E-state index in [1.54, 1.807) is 6.20 Å². The highest BCUT2D eigenvalue weighted by Gasteiger charge is 2.19. The molecular formula is C16H22ClFN8. The maximum absolute atomic E-state index is 14.2. The summed E-state index contributed by atoms with van der Waals surface area (Å²) >= 11 is 0. The Morgan fingerprint density at radius 1 is 1.38 bits per heavy atom. The van der Waals surface area contributed by atoms with E-state index in [1.807, 2.05) is 17.8 Å². The first kappa shape index (κ1) is 18.4. The minimum absolute atomic E-state index is 0. The first-order valence-corrected chi connectivity index (χ1v) is 8.54. The molecule has 0 saturated carbocycles. The summed E-state index contributed by atoms with van der Waals surface area (Å²) in [4.78, 5) is 11.7. The summed E-state index contributed by atoms with van der Waals surface area (Å²) in [5.41, 5.74) is 1.25. The standard InChI is InChI=1S/C16H21FN8.ClH/c1-2-25-9-11(7-20-25)22-16-23-14-13(12(17)8-19-14)15(24-16)21-10-4-3-5-18-6-10;/h7-10,18H,2-6H2,1H3,(H3,19,21,22,23,24);1H. The third-order valence-corrected chi connectivity index (χ3v) is 4.33. The van der Waals surface area contributed by atoms with Gasteiger partial charge in [0.25, 0.3) is 0 Å². The Bertz CT molecular complexity index is 870. The summed E-state index contributed by atoms with van der Waals surface area (Å²) < 4.78 is 16.0. The van der Waals surface area contributed by atoms with E-state index in [9.17, 15) is 4.39 Å². The van der Waals surface area contributed by atoms with Gasteiger partial charge in [0.05, 0.1) is 17.3 Å². The lowest BCUT2D eigenvalue weighted by Crippen LogP contribution is -2.38. The van der Waals surface area contributed by atoms with Crippen LogP contribution in [0.25, 0.3) is 11.0 Å². The van der Waals surface area contributed by atoms with E-state index >= 15 is 0 Å². The average molecular weight is 381 g/mol. The summed E-state index contributed by atoms with van der Waals surface area (Å²) in [5, 5.41) is 14.4. The molecular weight excluding hydrogens is 359 g/mol.